The Balaban J connectivity index is 1.98. The van der Waals surface area contributed by atoms with E-state index < -0.39 is 0 Å². The van der Waals surface area contributed by atoms with Crippen molar-refractivity contribution in [1.29, 1.82) is 0 Å². The molecule has 0 aromatic carbocycles. The summed E-state index contributed by atoms with van der Waals surface area (Å²) in [5, 5.41) is 0. The van der Waals surface area contributed by atoms with E-state index >= 15 is 0 Å². The first kappa shape index (κ1) is 66.8. The largest absolute Gasteiger partial charge is 0.0850 e. The van der Waals surface area contributed by atoms with Crippen LogP contribution in [-0.4, -0.2) is 0 Å². The van der Waals surface area contributed by atoms with E-state index in [1.807, 2.05) is 5.57 Å². The summed E-state index contributed by atoms with van der Waals surface area (Å²) in [7, 11) is 0. The van der Waals surface area contributed by atoms with Crippen LogP contribution < -0.4 is 0 Å². The third-order valence-electron chi connectivity index (χ3n) is 19.7. The van der Waals surface area contributed by atoms with Crippen LogP contribution in [0.4, 0.5) is 0 Å². The highest BCUT2D eigenvalue weighted by Crippen LogP contribution is 2.45. The maximum Gasteiger partial charge on any atom is -0.0225 e. The Hall–Kier alpha value is -0.520. The van der Waals surface area contributed by atoms with Crippen LogP contribution in [0.25, 0.3) is 0 Å². The predicted molar refractivity (Wildman–Crippen MR) is 331 cm³/mol. The van der Waals surface area contributed by atoms with E-state index in [9.17, 15) is 0 Å². The lowest BCUT2D eigenvalue weighted by Crippen LogP contribution is -2.26. The van der Waals surface area contributed by atoms with E-state index in [2.05, 4.69) is 144 Å². The third kappa shape index (κ3) is 29.9. The Morgan fingerprint density at radius 2 is 0.699 bits per heavy atom. The number of hydrogen-bond donors (Lipinski definition) is 0. The van der Waals surface area contributed by atoms with Crippen LogP contribution in [0.1, 0.15) is 318 Å². The molecule has 0 amide bonds. The molecule has 0 heteroatoms. The van der Waals surface area contributed by atoms with Crippen LogP contribution in [0.5, 0.6) is 0 Å². The first-order valence-electron chi connectivity index (χ1n) is 33.8. The summed E-state index contributed by atoms with van der Waals surface area (Å²) in [4.78, 5) is 0. The molecule has 13 unspecified atom stereocenters. The zero-order valence-corrected chi connectivity index (χ0v) is 53.8. The Bertz CT molecular complexity index is 1430. The first-order chi connectivity index (χ1) is 34.4. The molecule has 0 aromatic rings. The van der Waals surface area contributed by atoms with Gasteiger partial charge in [0.25, 0.3) is 0 Å². The summed E-state index contributed by atoms with van der Waals surface area (Å²) < 4.78 is 0. The highest BCUT2D eigenvalue weighted by Gasteiger charge is 2.33. The molecule has 3 aliphatic rings. The van der Waals surface area contributed by atoms with Crippen molar-refractivity contribution in [2.24, 2.45) is 124 Å². The van der Waals surface area contributed by atoms with Crippen LogP contribution in [0.15, 0.2) is 23.3 Å². The zero-order chi connectivity index (χ0) is 54.2. The summed E-state index contributed by atoms with van der Waals surface area (Å²) in [5.74, 6) is 17.6. The lowest BCUT2D eigenvalue weighted by molar-refractivity contribution is 0.152. The topological polar surface area (TPSA) is 0 Å². The van der Waals surface area contributed by atoms with Gasteiger partial charge in [-0.05, 0) is 247 Å². The van der Waals surface area contributed by atoms with Gasteiger partial charge < -0.3 is 0 Å². The first-order valence-corrected chi connectivity index (χ1v) is 33.8. The lowest BCUT2D eigenvalue weighted by Gasteiger charge is -2.38. The molecule has 0 nitrogen and oxygen atoms in total. The van der Waals surface area contributed by atoms with Crippen LogP contribution in [-0.2, 0) is 0 Å². The molecule has 0 aromatic heterocycles. The van der Waals surface area contributed by atoms with Crippen LogP contribution in [0.2, 0.25) is 0 Å². The molecule has 2 fully saturated rings. The average molecular weight is 1020 g/mol. The van der Waals surface area contributed by atoms with Gasteiger partial charge in [-0.1, -0.05) is 219 Å². The van der Waals surface area contributed by atoms with Crippen molar-refractivity contribution < 1.29 is 0 Å². The van der Waals surface area contributed by atoms with E-state index in [4.69, 9.17) is 0 Å². The molecule has 13 atom stereocenters. The van der Waals surface area contributed by atoms with Gasteiger partial charge in [0, 0.05) is 0 Å². The Morgan fingerprint density at radius 1 is 0.356 bits per heavy atom. The zero-order valence-electron chi connectivity index (χ0n) is 53.8. The Kier molecular flexibility index (Phi) is 32.8. The van der Waals surface area contributed by atoms with Gasteiger partial charge in [-0.2, -0.15) is 0 Å². The van der Waals surface area contributed by atoms with Crippen molar-refractivity contribution in [1.82, 2.24) is 0 Å². The van der Waals surface area contributed by atoms with E-state index in [0.717, 1.165) is 118 Å². The molecule has 0 N–H and O–H groups in total. The minimum Gasteiger partial charge on any atom is -0.0850 e. The Morgan fingerprint density at radius 3 is 1.08 bits per heavy atom. The second-order valence-corrected chi connectivity index (χ2v) is 31.6. The molecule has 3 rings (SSSR count). The van der Waals surface area contributed by atoms with E-state index in [1.54, 1.807) is 5.57 Å². The second kappa shape index (κ2) is 35.9. The standard InChI is InChI=1S/C73H138/c1-51(2)33-64-39-57(13)27-29-59(15)41-66(35-53(5)6)47-72(70-23-20-21-24-70)48-67(36-54(7)8)42-61(17)31-32-62(18)44-69(38-56(11)12)50-73(71-25-22-26-71)49-68(37-55(9)10)43-60(16)30-28-58(14)40-65(34-52(3)4)46-63(19)45-64/h31,44,51-60,62-68,70-73H,20-30,32-43,45-50H2,1-19H3. The minimum atomic E-state index is 0.624. The lowest BCUT2D eigenvalue weighted by atomic mass is 9.68. The van der Waals surface area contributed by atoms with E-state index in [0.29, 0.717) is 5.92 Å². The number of allylic oxidation sites excluding steroid dienone is 4. The maximum atomic E-state index is 2.82. The molecule has 0 bridgehead atoms. The summed E-state index contributed by atoms with van der Waals surface area (Å²) in [6.45, 7) is 48.5. The SMILES string of the molecule is CC1=CCC(C)C=C(CC(C)C)CC(C2CCC2)CC(CC(C)C)CC(C)CCC(C)CC(CC(C)C)CC(C)CC(CC(C)C)CC(C)CCC(C)CC(CC(C)C)CC(C2CCCC2)CC(CC(C)C)C1. The van der Waals surface area contributed by atoms with Gasteiger partial charge >= 0.3 is 0 Å². The van der Waals surface area contributed by atoms with Crippen molar-refractivity contribution in [3.63, 3.8) is 0 Å². The second-order valence-electron chi connectivity index (χ2n) is 31.6. The smallest absolute Gasteiger partial charge is 0.0225 e. The van der Waals surface area contributed by atoms with Crippen LogP contribution in [0, 0.1) is 124 Å². The van der Waals surface area contributed by atoms with Gasteiger partial charge in [0.1, 0.15) is 0 Å². The molecule has 0 aliphatic heterocycles. The van der Waals surface area contributed by atoms with Gasteiger partial charge in [0.15, 0.2) is 0 Å². The van der Waals surface area contributed by atoms with Crippen molar-refractivity contribution in [3.05, 3.63) is 23.3 Å². The van der Waals surface area contributed by atoms with Gasteiger partial charge in [0.2, 0.25) is 0 Å². The van der Waals surface area contributed by atoms with Gasteiger partial charge in [0.05, 0.1) is 0 Å². The fourth-order valence-electron chi connectivity index (χ4n) is 16.9. The molecule has 0 heterocycles. The van der Waals surface area contributed by atoms with Crippen LogP contribution >= 0.6 is 0 Å². The van der Waals surface area contributed by atoms with Crippen LogP contribution in [0.3, 0.4) is 0 Å². The number of hydrogen-bond acceptors (Lipinski definition) is 0. The molecule has 2 saturated carbocycles. The van der Waals surface area contributed by atoms with Gasteiger partial charge in [-0.3, -0.25) is 0 Å². The molecule has 0 spiro atoms. The van der Waals surface area contributed by atoms with E-state index in [1.165, 1.54) is 186 Å². The number of rotatable bonds is 14. The molecule has 3 aliphatic carbocycles. The molecule has 0 radical (unpaired) electrons. The highest BCUT2D eigenvalue weighted by molar-refractivity contribution is 5.10. The van der Waals surface area contributed by atoms with E-state index in [-0.39, 0.29) is 0 Å². The third-order valence-corrected chi connectivity index (χ3v) is 19.7. The summed E-state index contributed by atoms with van der Waals surface area (Å²) >= 11 is 0. The predicted octanol–water partition coefficient (Wildman–Crippen LogP) is 24.5. The van der Waals surface area contributed by atoms with Crippen molar-refractivity contribution in [2.45, 2.75) is 318 Å². The van der Waals surface area contributed by atoms with Crippen molar-refractivity contribution in [2.75, 3.05) is 0 Å². The fraction of sp³-hybridized carbons (Fsp3) is 0.945. The van der Waals surface area contributed by atoms with Crippen molar-refractivity contribution >= 4 is 0 Å². The maximum absolute atomic E-state index is 2.82. The summed E-state index contributed by atoms with van der Waals surface area (Å²) in [6, 6.07) is 0. The molecule has 0 saturated heterocycles. The summed E-state index contributed by atoms with van der Waals surface area (Å²) in [6.07, 6.45) is 47.2. The van der Waals surface area contributed by atoms with Crippen molar-refractivity contribution in [3.8, 4) is 0 Å². The minimum absolute atomic E-state index is 0.624. The van der Waals surface area contributed by atoms with Gasteiger partial charge in [-0.25, -0.2) is 0 Å². The quantitative estimate of drug-likeness (QED) is 0.152. The molecule has 430 valence electrons. The molecule has 73 heavy (non-hydrogen) atoms. The fourth-order valence-corrected chi connectivity index (χ4v) is 16.9. The summed E-state index contributed by atoms with van der Waals surface area (Å²) in [5.41, 5.74) is 3.51. The molecular weight excluding hydrogens is 877 g/mol. The molecular formula is C73H138. The normalized spacial score (nSPS) is 33.7. The monoisotopic (exact) mass is 1020 g/mol. The van der Waals surface area contributed by atoms with Gasteiger partial charge in [-0.15, -0.1) is 0 Å². The highest BCUT2D eigenvalue weighted by atomic mass is 14.4. The average Bonchev–Trinajstić information content (AvgIpc) is 3.77. The Labute approximate surface area is 463 Å².